The summed E-state index contributed by atoms with van der Waals surface area (Å²) in [6.07, 6.45) is 10.4. The number of nitrogens with one attached hydrogen (secondary N) is 1. The Balaban J connectivity index is 1.86. The smallest absolute Gasteiger partial charge is 0.179 e. The van der Waals surface area contributed by atoms with Gasteiger partial charge in [0.2, 0.25) is 0 Å². The molecule has 0 spiro atoms. The largest absolute Gasteiger partial charge is 0.329 e. The number of pyridine rings is 1. The number of halogens is 1. The lowest BCUT2D eigenvalue weighted by Gasteiger charge is -2.12. The van der Waals surface area contributed by atoms with Gasteiger partial charge in [0.25, 0.3) is 0 Å². The van der Waals surface area contributed by atoms with Crippen molar-refractivity contribution < 1.29 is 0 Å². The van der Waals surface area contributed by atoms with Crippen LogP contribution in [0, 0.1) is 4.77 Å². The highest BCUT2D eigenvalue weighted by atomic mass is 79.9. The maximum absolute atomic E-state index is 5.40. The summed E-state index contributed by atoms with van der Waals surface area (Å²) in [5, 5.41) is 0. The van der Waals surface area contributed by atoms with Gasteiger partial charge in [0, 0.05) is 17.2 Å². The Morgan fingerprint density at radius 2 is 2.32 bits per heavy atom. The molecule has 100 valence electrons. The molecule has 2 heterocycles. The number of fused-ring (bicyclic) bond motifs is 1. The standard InChI is InChI=1S/C14H16BrN3S/c15-11-8-12-13(16-9-11)18(14(19)17-12)7-6-10-4-2-1-3-5-10/h4,8-9H,1-3,5-7H2,(H,17,19). The van der Waals surface area contributed by atoms with Crippen LogP contribution in [-0.2, 0) is 6.54 Å². The highest BCUT2D eigenvalue weighted by molar-refractivity contribution is 9.10. The molecule has 0 saturated carbocycles. The third kappa shape index (κ3) is 2.82. The van der Waals surface area contributed by atoms with Crippen molar-refractivity contribution in [2.75, 3.05) is 0 Å². The molecule has 5 heteroatoms. The predicted molar refractivity (Wildman–Crippen MR) is 83.8 cm³/mol. The van der Waals surface area contributed by atoms with E-state index >= 15 is 0 Å². The van der Waals surface area contributed by atoms with Gasteiger partial charge in [-0.25, -0.2) is 4.98 Å². The lowest BCUT2D eigenvalue weighted by atomic mass is 9.97. The average molecular weight is 338 g/mol. The van der Waals surface area contributed by atoms with Crippen molar-refractivity contribution in [1.29, 1.82) is 0 Å². The highest BCUT2D eigenvalue weighted by Gasteiger charge is 2.08. The van der Waals surface area contributed by atoms with Crippen LogP contribution in [0.25, 0.3) is 11.2 Å². The van der Waals surface area contributed by atoms with E-state index in [2.05, 4.69) is 36.5 Å². The number of hydrogen-bond donors (Lipinski definition) is 1. The van der Waals surface area contributed by atoms with E-state index in [0.717, 1.165) is 33.4 Å². The molecule has 0 fully saturated rings. The molecule has 2 aromatic rings. The molecule has 2 aromatic heterocycles. The van der Waals surface area contributed by atoms with Gasteiger partial charge in [-0.15, -0.1) is 0 Å². The van der Waals surface area contributed by atoms with Crippen LogP contribution in [0.2, 0.25) is 0 Å². The monoisotopic (exact) mass is 337 g/mol. The molecule has 0 unspecified atom stereocenters. The number of aryl methyl sites for hydroxylation is 1. The molecular formula is C14H16BrN3S. The Morgan fingerprint density at radius 3 is 3.11 bits per heavy atom. The zero-order chi connectivity index (χ0) is 13.2. The first-order valence-electron chi connectivity index (χ1n) is 6.66. The second-order valence-electron chi connectivity index (χ2n) is 4.96. The maximum Gasteiger partial charge on any atom is 0.179 e. The van der Waals surface area contributed by atoms with Crippen molar-refractivity contribution in [3.63, 3.8) is 0 Å². The van der Waals surface area contributed by atoms with Crippen LogP contribution in [-0.4, -0.2) is 14.5 Å². The van der Waals surface area contributed by atoms with Gasteiger partial charge in [0.1, 0.15) is 0 Å². The van der Waals surface area contributed by atoms with Crippen molar-refractivity contribution in [3.8, 4) is 0 Å². The van der Waals surface area contributed by atoms with Crippen LogP contribution in [0.3, 0.4) is 0 Å². The lowest BCUT2D eigenvalue weighted by molar-refractivity contribution is 0.627. The van der Waals surface area contributed by atoms with E-state index in [1.807, 2.05) is 12.3 Å². The topological polar surface area (TPSA) is 33.6 Å². The van der Waals surface area contributed by atoms with E-state index < -0.39 is 0 Å². The molecule has 3 rings (SSSR count). The highest BCUT2D eigenvalue weighted by Crippen LogP contribution is 2.22. The van der Waals surface area contributed by atoms with Gasteiger partial charge in [-0.3, -0.25) is 0 Å². The summed E-state index contributed by atoms with van der Waals surface area (Å²) >= 11 is 8.83. The van der Waals surface area contributed by atoms with Gasteiger partial charge in [0.05, 0.1) is 5.52 Å². The quantitative estimate of drug-likeness (QED) is 0.647. The number of aromatic amines is 1. The zero-order valence-electron chi connectivity index (χ0n) is 10.7. The number of allylic oxidation sites excluding steroid dienone is 2. The van der Waals surface area contributed by atoms with Gasteiger partial charge in [-0.05, 0) is 66.3 Å². The van der Waals surface area contributed by atoms with Crippen molar-refractivity contribution in [2.24, 2.45) is 0 Å². The van der Waals surface area contributed by atoms with Crippen molar-refractivity contribution in [2.45, 2.75) is 38.6 Å². The fourth-order valence-corrected chi connectivity index (χ4v) is 3.23. The van der Waals surface area contributed by atoms with E-state index in [9.17, 15) is 0 Å². The normalized spacial score (nSPS) is 15.7. The van der Waals surface area contributed by atoms with Gasteiger partial charge in [0.15, 0.2) is 10.4 Å². The molecule has 0 amide bonds. The number of hydrogen-bond acceptors (Lipinski definition) is 2. The van der Waals surface area contributed by atoms with E-state index in [0.29, 0.717) is 0 Å². The molecule has 0 aliphatic heterocycles. The molecular weight excluding hydrogens is 322 g/mol. The van der Waals surface area contributed by atoms with Crippen LogP contribution >= 0.6 is 28.1 Å². The summed E-state index contributed by atoms with van der Waals surface area (Å²) < 4.78 is 3.84. The minimum absolute atomic E-state index is 0.761. The predicted octanol–water partition coefficient (Wildman–Crippen LogP) is 4.75. The number of aromatic nitrogens is 3. The zero-order valence-corrected chi connectivity index (χ0v) is 13.1. The fraction of sp³-hybridized carbons (Fsp3) is 0.429. The van der Waals surface area contributed by atoms with Gasteiger partial charge < -0.3 is 9.55 Å². The second kappa shape index (κ2) is 5.59. The van der Waals surface area contributed by atoms with Gasteiger partial charge >= 0.3 is 0 Å². The van der Waals surface area contributed by atoms with Gasteiger partial charge in [-0.1, -0.05) is 11.6 Å². The van der Waals surface area contributed by atoms with Crippen molar-refractivity contribution in [1.82, 2.24) is 14.5 Å². The summed E-state index contributed by atoms with van der Waals surface area (Å²) in [5.74, 6) is 0. The lowest BCUT2D eigenvalue weighted by Crippen LogP contribution is -2.02. The molecule has 1 aliphatic rings. The molecule has 0 aromatic carbocycles. The Bertz CT molecular complexity index is 684. The molecule has 3 nitrogen and oxygen atoms in total. The minimum atomic E-state index is 0.761. The first kappa shape index (κ1) is 13.1. The van der Waals surface area contributed by atoms with E-state index in [1.165, 1.54) is 25.7 Å². The molecule has 0 radical (unpaired) electrons. The molecule has 1 aliphatic carbocycles. The summed E-state index contributed by atoms with van der Waals surface area (Å²) in [6, 6.07) is 2.02. The first-order valence-corrected chi connectivity index (χ1v) is 7.86. The first-order chi connectivity index (χ1) is 9.24. The number of H-pyrrole nitrogens is 1. The second-order valence-corrected chi connectivity index (χ2v) is 6.27. The van der Waals surface area contributed by atoms with Crippen LogP contribution in [0.5, 0.6) is 0 Å². The third-order valence-corrected chi connectivity index (χ3v) is 4.37. The van der Waals surface area contributed by atoms with Crippen LogP contribution in [0.15, 0.2) is 28.4 Å². The van der Waals surface area contributed by atoms with Crippen LogP contribution in [0.1, 0.15) is 32.1 Å². The summed E-state index contributed by atoms with van der Waals surface area (Å²) in [5.41, 5.74) is 3.52. The maximum atomic E-state index is 5.40. The SMILES string of the molecule is S=c1[nH]c2cc(Br)cnc2n1CCC1=CCCCC1. The Hall–Kier alpha value is -0.940. The Labute approximate surface area is 125 Å². The van der Waals surface area contributed by atoms with Crippen molar-refractivity contribution >= 4 is 39.3 Å². The molecule has 0 atom stereocenters. The van der Waals surface area contributed by atoms with Crippen LogP contribution < -0.4 is 0 Å². The van der Waals surface area contributed by atoms with Gasteiger partial charge in [-0.2, -0.15) is 0 Å². The minimum Gasteiger partial charge on any atom is -0.329 e. The molecule has 1 N–H and O–H groups in total. The summed E-state index contributed by atoms with van der Waals surface area (Å²) in [6.45, 7) is 0.916. The number of rotatable bonds is 3. The molecule has 19 heavy (non-hydrogen) atoms. The third-order valence-electron chi connectivity index (χ3n) is 3.62. The summed E-state index contributed by atoms with van der Waals surface area (Å²) in [7, 11) is 0. The molecule has 0 saturated heterocycles. The van der Waals surface area contributed by atoms with Crippen LogP contribution in [0.4, 0.5) is 0 Å². The molecule has 0 bridgehead atoms. The van der Waals surface area contributed by atoms with Crippen molar-refractivity contribution in [3.05, 3.63) is 33.2 Å². The van der Waals surface area contributed by atoms with E-state index in [1.54, 1.807) is 5.57 Å². The number of nitrogens with zero attached hydrogens (tertiary/aromatic N) is 2. The summed E-state index contributed by atoms with van der Waals surface area (Å²) in [4.78, 5) is 7.69. The van der Waals surface area contributed by atoms with E-state index in [-0.39, 0.29) is 0 Å². The average Bonchev–Trinajstić information content (AvgIpc) is 2.72. The Morgan fingerprint density at radius 1 is 1.42 bits per heavy atom. The number of imidazole rings is 1. The van der Waals surface area contributed by atoms with E-state index in [4.69, 9.17) is 12.2 Å². The Kier molecular flexibility index (Phi) is 3.84. The fourth-order valence-electron chi connectivity index (χ4n) is 2.61.